The van der Waals surface area contributed by atoms with E-state index >= 15 is 0 Å². The molecule has 150 valence electrons. The van der Waals surface area contributed by atoms with Gasteiger partial charge in [0, 0.05) is 43.3 Å². The van der Waals surface area contributed by atoms with Gasteiger partial charge in [-0.15, -0.1) is 0 Å². The van der Waals surface area contributed by atoms with Crippen LogP contribution >= 0.6 is 0 Å². The first-order chi connectivity index (χ1) is 14.2. The Balaban J connectivity index is 1.45. The summed E-state index contributed by atoms with van der Waals surface area (Å²) in [6.07, 6.45) is 8.56. The SMILES string of the molecule is CCc1ccccc1NC(=O)N1CCCC(c2nccn2Cc2ccccn2)C1. The summed E-state index contributed by atoms with van der Waals surface area (Å²) in [6.45, 7) is 4.25. The molecule has 3 heterocycles. The molecule has 0 spiro atoms. The third kappa shape index (κ3) is 4.47. The molecule has 6 nitrogen and oxygen atoms in total. The molecule has 1 aliphatic heterocycles. The fourth-order valence-corrected chi connectivity index (χ4v) is 4.00. The summed E-state index contributed by atoms with van der Waals surface area (Å²) in [5, 5.41) is 3.10. The van der Waals surface area contributed by atoms with Crippen molar-refractivity contribution in [2.75, 3.05) is 18.4 Å². The van der Waals surface area contributed by atoms with Crippen molar-refractivity contribution in [3.05, 3.63) is 78.1 Å². The van der Waals surface area contributed by atoms with Crippen molar-refractivity contribution < 1.29 is 4.79 Å². The van der Waals surface area contributed by atoms with Gasteiger partial charge < -0.3 is 14.8 Å². The number of pyridine rings is 1. The Morgan fingerprint density at radius 2 is 2.00 bits per heavy atom. The van der Waals surface area contributed by atoms with E-state index in [2.05, 4.69) is 32.8 Å². The number of carbonyl (C=O) groups is 1. The lowest BCUT2D eigenvalue weighted by molar-refractivity contribution is 0.190. The molecule has 2 amide bonds. The van der Waals surface area contributed by atoms with Crippen molar-refractivity contribution in [1.82, 2.24) is 19.4 Å². The molecule has 0 saturated carbocycles. The highest BCUT2D eigenvalue weighted by Crippen LogP contribution is 2.27. The first kappa shape index (κ1) is 19.2. The second-order valence-corrected chi connectivity index (χ2v) is 7.46. The number of imidazole rings is 1. The summed E-state index contributed by atoms with van der Waals surface area (Å²) < 4.78 is 2.15. The molecule has 1 atom stereocenters. The van der Waals surface area contributed by atoms with Crippen LogP contribution in [0.3, 0.4) is 0 Å². The number of rotatable bonds is 5. The van der Waals surface area contributed by atoms with Crippen LogP contribution in [0.2, 0.25) is 0 Å². The van der Waals surface area contributed by atoms with Crippen LogP contribution in [-0.2, 0) is 13.0 Å². The van der Waals surface area contributed by atoms with Crippen molar-refractivity contribution in [3.8, 4) is 0 Å². The van der Waals surface area contributed by atoms with E-state index in [1.807, 2.05) is 59.9 Å². The topological polar surface area (TPSA) is 63.1 Å². The number of urea groups is 1. The van der Waals surface area contributed by atoms with Gasteiger partial charge in [0.1, 0.15) is 5.82 Å². The highest BCUT2D eigenvalue weighted by molar-refractivity contribution is 5.90. The Hall–Kier alpha value is -3.15. The monoisotopic (exact) mass is 389 g/mol. The molecule has 1 unspecified atom stereocenters. The first-order valence-corrected chi connectivity index (χ1v) is 10.3. The number of hydrogen-bond acceptors (Lipinski definition) is 3. The Morgan fingerprint density at radius 1 is 1.14 bits per heavy atom. The van der Waals surface area contributed by atoms with Crippen LogP contribution in [0.15, 0.2) is 61.1 Å². The maximum Gasteiger partial charge on any atom is 0.321 e. The molecule has 0 aliphatic carbocycles. The van der Waals surface area contributed by atoms with E-state index in [4.69, 9.17) is 0 Å². The summed E-state index contributed by atoms with van der Waals surface area (Å²) in [7, 11) is 0. The normalized spacial score (nSPS) is 16.6. The first-order valence-electron chi connectivity index (χ1n) is 10.3. The van der Waals surface area contributed by atoms with Gasteiger partial charge in [0.15, 0.2) is 0 Å². The number of amides is 2. The largest absolute Gasteiger partial charge is 0.329 e. The number of anilines is 1. The lowest BCUT2D eigenvalue weighted by Gasteiger charge is -2.33. The van der Waals surface area contributed by atoms with Gasteiger partial charge in [0.25, 0.3) is 0 Å². The number of nitrogens with zero attached hydrogens (tertiary/aromatic N) is 4. The summed E-state index contributed by atoms with van der Waals surface area (Å²) in [6, 6.07) is 13.9. The van der Waals surface area contributed by atoms with Crippen LogP contribution in [-0.4, -0.2) is 38.6 Å². The second-order valence-electron chi connectivity index (χ2n) is 7.46. The van der Waals surface area contributed by atoms with Crippen LogP contribution in [0.25, 0.3) is 0 Å². The lowest BCUT2D eigenvalue weighted by atomic mass is 9.97. The molecule has 1 aromatic carbocycles. The average molecular weight is 390 g/mol. The van der Waals surface area contributed by atoms with Crippen LogP contribution in [0, 0.1) is 0 Å². The van der Waals surface area contributed by atoms with E-state index in [1.165, 1.54) is 0 Å². The molecule has 29 heavy (non-hydrogen) atoms. The minimum absolute atomic E-state index is 0.0292. The van der Waals surface area contributed by atoms with Crippen LogP contribution in [0.5, 0.6) is 0 Å². The molecule has 1 aliphatic rings. The van der Waals surface area contributed by atoms with Crippen molar-refractivity contribution in [2.24, 2.45) is 0 Å². The minimum atomic E-state index is -0.0292. The standard InChI is InChI=1S/C23H27N5O/c1-2-18-8-3-4-11-21(18)26-23(29)28-14-7-9-19(16-28)22-25-13-15-27(22)17-20-10-5-6-12-24-20/h3-6,8,10-13,15,19H,2,7,9,14,16-17H2,1H3,(H,26,29). The van der Waals surface area contributed by atoms with Crippen LogP contribution in [0.1, 0.15) is 42.8 Å². The maximum absolute atomic E-state index is 12.9. The Kier molecular flexibility index (Phi) is 5.89. The number of carbonyl (C=O) groups excluding carboxylic acids is 1. The number of piperidine rings is 1. The number of nitrogens with one attached hydrogen (secondary N) is 1. The van der Waals surface area contributed by atoms with E-state index in [0.717, 1.165) is 48.6 Å². The number of hydrogen-bond donors (Lipinski definition) is 1. The van der Waals surface area contributed by atoms with Gasteiger partial charge in [-0.25, -0.2) is 9.78 Å². The van der Waals surface area contributed by atoms with Crippen molar-refractivity contribution >= 4 is 11.7 Å². The van der Waals surface area contributed by atoms with E-state index in [0.29, 0.717) is 13.1 Å². The van der Waals surface area contributed by atoms with Crippen LogP contribution in [0.4, 0.5) is 10.5 Å². The average Bonchev–Trinajstić information content (AvgIpc) is 3.23. The lowest BCUT2D eigenvalue weighted by Crippen LogP contribution is -2.42. The van der Waals surface area contributed by atoms with Gasteiger partial charge >= 0.3 is 6.03 Å². The summed E-state index contributed by atoms with van der Waals surface area (Å²) >= 11 is 0. The molecule has 1 fully saturated rings. The molecule has 4 rings (SSSR count). The predicted molar refractivity (Wildman–Crippen MR) is 114 cm³/mol. The fraction of sp³-hybridized carbons (Fsp3) is 0.348. The van der Waals surface area contributed by atoms with Crippen molar-refractivity contribution in [1.29, 1.82) is 0 Å². The third-order valence-electron chi connectivity index (χ3n) is 5.52. The summed E-state index contributed by atoms with van der Waals surface area (Å²) in [4.78, 5) is 23.9. The smallest absolute Gasteiger partial charge is 0.321 e. The molecule has 0 bridgehead atoms. The zero-order valence-electron chi connectivity index (χ0n) is 16.8. The van der Waals surface area contributed by atoms with Crippen molar-refractivity contribution in [3.63, 3.8) is 0 Å². The van der Waals surface area contributed by atoms with E-state index in [1.54, 1.807) is 0 Å². The predicted octanol–water partition coefficient (Wildman–Crippen LogP) is 4.30. The van der Waals surface area contributed by atoms with Crippen LogP contribution < -0.4 is 5.32 Å². The van der Waals surface area contributed by atoms with Gasteiger partial charge in [0.05, 0.1) is 12.2 Å². The highest BCUT2D eigenvalue weighted by atomic mass is 16.2. The fourth-order valence-electron chi connectivity index (χ4n) is 4.00. The Labute approximate surface area is 171 Å². The Bertz CT molecular complexity index is 953. The van der Waals surface area contributed by atoms with Gasteiger partial charge in [-0.05, 0) is 43.0 Å². The maximum atomic E-state index is 12.9. The molecule has 3 aromatic rings. The molecule has 1 N–H and O–H groups in total. The summed E-state index contributed by atoms with van der Waals surface area (Å²) in [5.74, 6) is 1.26. The van der Waals surface area contributed by atoms with Crippen molar-refractivity contribution in [2.45, 2.75) is 38.6 Å². The quantitative estimate of drug-likeness (QED) is 0.708. The number of aryl methyl sites for hydroxylation is 1. The minimum Gasteiger partial charge on any atom is -0.329 e. The molecule has 0 radical (unpaired) electrons. The number of benzene rings is 1. The number of para-hydroxylation sites is 1. The van der Waals surface area contributed by atoms with Gasteiger partial charge in [-0.2, -0.15) is 0 Å². The van der Waals surface area contributed by atoms with E-state index in [9.17, 15) is 4.79 Å². The van der Waals surface area contributed by atoms with E-state index in [-0.39, 0.29) is 11.9 Å². The Morgan fingerprint density at radius 3 is 2.83 bits per heavy atom. The van der Waals surface area contributed by atoms with Gasteiger partial charge in [-0.3, -0.25) is 4.98 Å². The van der Waals surface area contributed by atoms with Gasteiger partial charge in [0.2, 0.25) is 0 Å². The highest BCUT2D eigenvalue weighted by Gasteiger charge is 2.27. The van der Waals surface area contributed by atoms with E-state index < -0.39 is 0 Å². The number of likely N-dealkylation sites (tertiary alicyclic amines) is 1. The van der Waals surface area contributed by atoms with Gasteiger partial charge in [-0.1, -0.05) is 31.2 Å². The zero-order chi connectivity index (χ0) is 20.1. The molecule has 1 saturated heterocycles. The molecular formula is C23H27N5O. The summed E-state index contributed by atoms with van der Waals surface area (Å²) in [5.41, 5.74) is 3.06. The zero-order valence-corrected chi connectivity index (χ0v) is 16.8. The second kappa shape index (κ2) is 8.90. The molecule has 2 aromatic heterocycles. The molecular weight excluding hydrogens is 362 g/mol. The number of aromatic nitrogens is 3. The third-order valence-corrected chi connectivity index (χ3v) is 5.52. The molecule has 6 heteroatoms.